The van der Waals surface area contributed by atoms with Gasteiger partial charge in [-0.3, -0.25) is 4.57 Å². The summed E-state index contributed by atoms with van der Waals surface area (Å²) in [6.07, 6.45) is 1.73. The van der Waals surface area contributed by atoms with E-state index in [2.05, 4.69) is 21.8 Å². The minimum atomic E-state index is 0.255. The van der Waals surface area contributed by atoms with Crippen LogP contribution in [0.1, 0.15) is 6.92 Å². The number of aromatic nitrogens is 4. The standard InChI is InChI=1S/C16H18N6O/c1-11-9-23-7-6-21(11)15-8-14(17)19-16(20-15)22-10-18-12-4-2-3-5-13(12)22/h2-5,8,10-11H,6-7,9H2,1H3,(H2,17,19,20)/t11-/m1/s1. The van der Waals surface area contributed by atoms with E-state index in [4.69, 9.17) is 15.5 Å². The Morgan fingerprint density at radius 2 is 2.13 bits per heavy atom. The van der Waals surface area contributed by atoms with Gasteiger partial charge in [0, 0.05) is 12.6 Å². The zero-order valence-corrected chi connectivity index (χ0v) is 12.9. The molecule has 2 N–H and O–H groups in total. The minimum absolute atomic E-state index is 0.255. The van der Waals surface area contributed by atoms with E-state index >= 15 is 0 Å². The van der Waals surface area contributed by atoms with Crippen molar-refractivity contribution in [3.8, 4) is 5.95 Å². The van der Waals surface area contributed by atoms with Gasteiger partial charge in [0.05, 0.1) is 30.3 Å². The van der Waals surface area contributed by atoms with Crippen LogP contribution in [-0.2, 0) is 4.74 Å². The highest BCUT2D eigenvalue weighted by Gasteiger charge is 2.21. The molecule has 3 heterocycles. The van der Waals surface area contributed by atoms with Gasteiger partial charge in [-0.1, -0.05) is 12.1 Å². The van der Waals surface area contributed by atoms with Gasteiger partial charge >= 0.3 is 0 Å². The smallest absolute Gasteiger partial charge is 0.239 e. The van der Waals surface area contributed by atoms with Crippen LogP contribution in [0.5, 0.6) is 0 Å². The Morgan fingerprint density at radius 3 is 3.00 bits per heavy atom. The molecule has 2 aromatic heterocycles. The molecule has 0 unspecified atom stereocenters. The van der Waals surface area contributed by atoms with Crippen LogP contribution < -0.4 is 10.6 Å². The van der Waals surface area contributed by atoms with Crippen molar-refractivity contribution >= 4 is 22.7 Å². The van der Waals surface area contributed by atoms with Crippen molar-refractivity contribution in [2.24, 2.45) is 0 Å². The van der Waals surface area contributed by atoms with E-state index in [1.54, 1.807) is 6.33 Å². The fourth-order valence-electron chi connectivity index (χ4n) is 2.88. The molecule has 3 aromatic rings. The molecule has 0 radical (unpaired) electrons. The molecule has 1 aliphatic heterocycles. The van der Waals surface area contributed by atoms with Crippen molar-refractivity contribution in [2.45, 2.75) is 13.0 Å². The Kier molecular flexibility index (Phi) is 3.34. The number of anilines is 2. The number of para-hydroxylation sites is 2. The zero-order chi connectivity index (χ0) is 15.8. The highest BCUT2D eigenvalue weighted by molar-refractivity contribution is 5.76. The van der Waals surface area contributed by atoms with Crippen LogP contribution in [0.15, 0.2) is 36.7 Å². The van der Waals surface area contributed by atoms with Crippen molar-refractivity contribution in [2.75, 3.05) is 30.4 Å². The number of rotatable bonds is 2. The van der Waals surface area contributed by atoms with E-state index in [-0.39, 0.29) is 6.04 Å². The molecule has 0 amide bonds. The number of nitrogen functional groups attached to an aromatic ring is 1. The molecule has 7 nitrogen and oxygen atoms in total. The fraction of sp³-hybridized carbons (Fsp3) is 0.312. The molecule has 7 heteroatoms. The van der Waals surface area contributed by atoms with Gasteiger partial charge in [0.25, 0.3) is 0 Å². The second-order valence-corrected chi connectivity index (χ2v) is 5.67. The number of morpholine rings is 1. The molecule has 0 saturated carbocycles. The van der Waals surface area contributed by atoms with Crippen molar-refractivity contribution < 1.29 is 4.74 Å². The van der Waals surface area contributed by atoms with E-state index in [0.717, 1.165) is 23.4 Å². The lowest BCUT2D eigenvalue weighted by atomic mass is 10.2. The zero-order valence-electron chi connectivity index (χ0n) is 12.9. The Labute approximate surface area is 133 Å². The van der Waals surface area contributed by atoms with Gasteiger partial charge in [-0.25, -0.2) is 4.98 Å². The van der Waals surface area contributed by atoms with Gasteiger partial charge in [-0.05, 0) is 19.1 Å². The third-order valence-corrected chi connectivity index (χ3v) is 4.05. The summed E-state index contributed by atoms with van der Waals surface area (Å²) in [5, 5.41) is 0. The Bertz CT molecular complexity index is 845. The first-order chi connectivity index (χ1) is 11.2. The van der Waals surface area contributed by atoms with E-state index in [1.807, 2.05) is 34.9 Å². The number of ether oxygens (including phenoxy) is 1. The highest BCUT2D eigenvalue weighted by atomic mass is 16.5. The number of benzene rings is 1. The number of nitrogens with two attached hydrogens (primary N) is 1. The number of nitrogens with zero attached hydrogens (tertiary/aromatic N) is 5. The van der Waals surface area contributed by atoms with Crippen molar-refractivity contribution in [3.05, 3.63) is 36.7 Å². The molecule has 118 valence electrons. The monoisotopic (exact) mass is 310 g/mol. The van der Waals surface area contributed by atoms with E-state index < -0.39 is 0 Å². The van der Waals surface area contributed by atoms with Crippen LogP contribution in [0.4, 0.5) is 11.6 Å². The molecule has 1 fully saturated rings. The normalized spacial score (nSPS) is 18.5. The summed E-state index contributed by atoms with van der Waals surface area (Å²) in [5.74, 6) is 1.80. The third-order valence-electron chi connectivity index (χ3n) is 4.05. The Balaban J connectivity index is 1.80. The first kappa shape index (κ1) is 14.0. The molecule has 0 aliphatic carbocycles. The molecule has 1 saturated heterocycles. The summed E-state index contributed by atoms with van der Waals surface area (Å²) < 4.78 is 7.35. The topological polar surface area (TPSA) is 82.1 Å². The predicted octanol–water partition coefficient (Wildman–Crippen LogP) is 1.62. The summed E-state index contributed by atoms with van der Waals surface area (Å²) in [5.41, 5.74) is 7.88. The Hall–Kier alpha value is -2.67. The second kappa shape index (κ2) is 5.51. The van der Waals surface area contributed by atoms with E-state index in [9.17, 15) is 0 Å². The Morgan fingerprint density at radius 1 is 1.26 bits per heavy atom. The highest BCUT2D eigenvalue weighted by Crippen LogP contribution is 2.22. The van der Waals surface area contributed by atoms with Crippen LogP contribution in [0, 0.1) is 0 Å². The molecular weight excluding hydrogens is 292 g/mol. The van der Waals surface area contributed by atoms with Crippen LogP contribution in [0.2, 0.25) is 0 Å². The van der Waals surface area contributed by atoms with Gasteiger partial charge in [-0.15, -0.1) is 0 Å². The van der Waals surface area contributed by atoms with Crippen LogP contribution in [0.3, 0.4) is 0 Å². The summed E-state index contributed by atoms with van der Waals surface area (Å²) in [4.78, 5) is 15.7. The second-order valence-electron chi connectivity index (χ2n) is 5.67. The summed E-state index contributed by atoms with van der Waals surface area (Å²) in [6.45, 7) is 4.29. The maximum Gasteiger partial charge on any atom is 0.239 e. The number of imidazole rings is 1. The molecule has 23 heavy (non-hydrogen) atoms. The minimum Gasteiger partial charge on any atom is -0.383 e. The predicted molar refractivity (Wildman–Crippen MR) is 88.7 cm³/mol. The maximum atomic E-state index is 6.02. The van der Waals surface area contributed by atoms with Gasteiger partial charge in [-0.2, -0.15) is 9.97 Å². The van der Waals surface area contributed by atoms with Gasteiger partial charge in [0.1, 0.15) is 18.0 Å². The van der Waals surface area contributed by atoms with Crippen LogP contribution >= 0.6 is 0 Å². The largest absolute Gasteiger partial charge is 0.383 e. The summed E-state index contributed by atoms with van der Waals surface area (Å²) in [7, 11) is 0. The lowest BCUT2D eigenvalue weighted by molar-refractivity contribution is 0.0985. The first-order valence-electron chi connectivity index (χ1n) is 7.64. The molecular formula is C16H18N6O. The van der Waals surface area contributed by atoms with Gasteiger partial charge < -0.3 is 15.4 Å². The molecule has 1 atom stereocenters. The fourth-order valence-corrected chi connectivity index (χ4v) is 2.88. The van der Waals surface area contributed by atoms with Crippen molar-refractivity contribution in [3.63, 3.8) is 0 Å². The SMILES string of the molecule is C[C@@H]1COCCN1c1cc(N)nc(-n2cnc3ccccc32)n1. The number of hydrogen-bond donors (Lipinski definition) is 1. The van der Waals surface area contributed by atoms with Crippen LogP contribution in [-0.4, -0.2) is 45.3 Å². The molecule has 4 rings (SSSR count). The van der Waals surface area contributed by atoms with Gasteiger partial charge in [0.15, 0.2) is 0 Å². The number of fused-ring (bicyclic) bond motifs is 1. The quantitative estimate of drug-likeness (QED) is 0.774. The van der Waals surface area contributed by atoms with Crippen molar-refractivity contribution in [1.82, 2.24) is 19.5 Å². The molecule has 0 bridgehead atoms. The number of hydrogen-bond acceptors (Lipinski definition) is 6. The summed E-state index contributed by atoms with van der Waals surface area (Å²) in [6, 6.07) is 9.95. The average Bonchev–Trinajstić information content (AvgIpc) is 2.99. The van der Waals surface area contributed by atoms with Gasteiger partial charge in [0.2, 0.25) is 5.95 Å². The third kappa shape index (κ3) is 2.49. The van der Waals surface area contributed by atoms with E-state index in [1.165, 1.54) is 0 Å². The molecule has 0 spiro atoms. The maximum absolute atomic E-state index is 6.02. The molecule has 1 aromatic carbocycles. The van der Waals surface area contributed by atoms with E-state index in [0.29, 0.717) is 25.0 Å². The lowest BCUT2D eigenvalue weighted by Gasteiger charge is -2.34. The lowest BCUT2D eigenvalue weighted by Crippen LogP contribution is -2.44. The van der Waals surface area contributed by atoms with Crippen molar-refractivity contribution in [1.29, 1.82) is 0 Å². The average molecular weight is 310 g/mol. The first-order valence-corrected chi connectivity index (χ1v) is 7.64. The molecule has 1 aliphatic rings. The summed E-state index contributed by atoms with van der Waals surface area (Å²) >= 11 is 0. The van der Waals surface area contributed by atoms with Crippen LogP contribution in [0.25, 0.3) is 17.0 Å².